The first kappa shape index (κ1) is 12.9. The summed E-state index contributed by atoms with van der Waals surface area (Å²) in [6, 6.07) is 0. The molecule has 4 nitrogen and oxygen atoms in total. The van der Waals surface area contributed by atoms with Crippen molar-refractivity contribution in [3.8, 4) is 0 Å². The van der Waals surface area contributed by atoms with Gasteiger partial charge in [-0.2, -0.15) is 0 Å². The topological polar surface area (TPSA) is 46.6 Å². The summed E-state index contributed by atoms with van der Waals surface area (Å²) in [6.07, 6.45) is 2.49. The van der Waals surface area contributed by atoms with Crippen LogP contribution in [0.2, 0.25) is 0 Å². The van der Waals surface area contributed by atoms with Crippen LogP contribution in [0.5, 0.6) is 0 Å². The first-order valence-electron chi connectivity index (χ1n) is 6.08. The van der Waals surface area contributed by atoms with Crippen LogP contribution in [0.1, 0.15) is 33.1 Å². The Balaban J connectivity index is 2.11. The van der Waals surface area contributed by atoms with E-state index in [-0.39, 0.29) is 16.1 Å². The summed E-state index contributed by atoms with van der Waals surface area (Å²) in [7, 11) is 0. The highest BCUT2D eigenvalue weighted by atomic mass is 79.9. The molecule has 5 heteroatoms. The van der Waals surface area contributed by atoms with Gasteiger partial charge in [0, 0.05) is 10.2 Å². The van der Waals surface area contributed by atoms with Crippen LogP contribution in [0.25, 0.3) is 0 Å². The molecule has 0 aromatic rings. The molecule has 17 heavy (non-hydrogen) atoms. The largest absolute Gasteiger partial charge is 0.447 e. The number of rotatable bonds is 2. The van der Waals surface area contributed by atoms with Crippen molar-refractivity contribution < 1.29 is 14.3 Å². The van der Waals surface area contributed by atoms with Crippen molar-refractivity contribution >= 4 is 27.9 Å². The summed E-state index contributed by atoms with van der Waals surface area (Å²) < 4.78 is 4.76. The second kappa shape index (κ2) is 4.59. The molecule has 0 spiro atoms. The van der Waals surface area contributed by atoms with Gasteiger partial charge >= 0.3 is 6.09 Å². The van der Waals surface area contributed by atoms with Gasteiger partial charge < -0.3 is 4.74 Å². The minimum absolute atomic E-state index is 0.0463. The van der Waals surface area contributed by atoms with Crippen molar-refractivity contribution in [2.75, 3.05) is 13.2 Å². The lowest BCUT2D eigenvalue weighted by Gasteiger charge is -2.31. The second-order valence-electron chi connectivity index (χ2n) is 5.31. The van der Waals surface area contributed by atoms with Crippen LogP contribution < -0.4 is 0 Å². The first-order valence-corrected chi connectivity index (χ1v) is 6.87. The van der Waals surface area contributed by atoms with Crippen molar-refractivity contribution in [2.24, 2.45) is 11.8 Å². The van der Waals surface area contributed by atoms with Crippen LogP contribution in [0.3, 0.4) is 0 Å². The maximum absolute atomic E-state index is 12.3. The average Bonchev–Trinajstić information content (AvgIpc) is 2.82. The summed E-state index contributed by atoms with van der Waals surface area (Å²) in [6.45, 7) is 4.92. The zero-order chi connectivity index (χ0) is 12.6. The van der Waals surface area contributed by atoms with Gasteiger partial charge in [-0.05, 0) is 32.6 Å². The van der Waals surface area contributed by atoms with Gasteiger partial charge in [0.1, 0.15) is 6.61 Å². The number of carbonyl (C=O) groups excluding carboxylic acids is 2. The van der Waals surface area contributed by atoms with E-state index >= 15 is 0 Å². The Kier molecular flexibility index (Phi) is 3.48. The minimum Gasteiger partial charge on any atom is -0.447 e. The number of halogens is 1. The average molecular weight is 304 g/mol. The Morgan fingerprint density at radius 2 is 2.18 bits per heavy atom. The molecule has 1 saturated carbocycles. The Bertz CT molecular complexity index is 337. The fourth-order valence-electron chi connectivity index (χ4n) is 2.87. The molecule has 2 amide bonds. The number of hydrogen-bond donors (Lipinski definition) is 0. The van der Waals surface area contributed by atoms with E-state index in [1.54, 1.807) is 0 Å². The number of amides is 2. The Hall–Kier alpha value is -0.580. The van der Waals surface area contributed by atoms with E-state index in [4.69, 9.17) is 4.74 Å². The zero-order valence-electron chi connectivity index (χ0n) is 10.2. The maximum atomic E-state index is 12.3. The van der Waals surface area contributed by atoms with E-state index in [1.165, 1.54) is 4.90 Å². The third-order valence-electron chi connectivity index (χ3n) is 3.74. The van der Waals surface area contributed by atoms with Crippen molar-refractivity contribution in [3.63, 3.8) is 0 Å². The molecular weight excluding hydrogens is 286 g/mol. The highest BCUT2D eigenvalue weighted by Gasteiger charge is 2.44. The molecule has 1 saturated heterocycles. The van der Waals surface area contributed by atoms with Crippen molar-refractivity contribution in [3.05, 3.63) is 0 Å². The van der Waals surface area contributed by atoms with Gasteiger partial charge in [-0.15, -0.1) is 0 Å². The molecule has 0 N–H and O–H groups in total. The zero-order valence-corrected chi connectivity index (χ0v) is 11.8. The number of ether oxygens (including phenoxy) is 1. The minimum atomic E-state index is -0.479. The van der Waals surface area contributed by atoms with Crippen LogP contribution in [0.4, 0.5) is 4.79 Å². The van der Waals surface area contributed by atoms with E-state index < -0.39 is 6.09 Å². The lowest BCUT2D eigenvalue weighted by molar-refractivity contribution is -0.133. The highest BCUT2D eigenvalue weighted by molar-refractivity contribution is 9.10. The predicted molar refractivity (Wildman–Crippen MR) is 66.9 cm³/mol. The van der Waals surface area contributed by atoms with E-state index in [2.05, 4.69) is 29.8 Å². The molecule has 1 aliphatic carbocycles. The summed E-state index contributed by atoms with van der Waals surface area (Å²) in [5.41, 5.74) is 0. The number of carbonyl (C=O) groups is 2. The fourth-order valence-corrected chi connectivity index (χ4v) is 3.42. The lowest BCUT2D eigenvalue weighted by atomic mass is 9.85. The molecule has 1 heterocycles. The van der Waals surface area contributed by atoms with Crippen LogP contribution in [-0.4, -0.2) is 34.4 Å². The normalized spacial score (nSPS) is 29.6. The number of alkyl halides is 1. The molecule has 0 radical (unpaired) electrons. The summed E-state index contributed by atoms with van der Waals surface area (Å²) in [4.78, 5) is 25.0. The van der Waals surface area contributed by atoms with Gasteiger partial charge in [0.05, 0.1) is 6.54 Å². The molecule has 2 fully saturated rings. The first-order chi connectivity index (χ1) is 7.91. The van der Waals surface area contributed by atoms with E-state index in [0.29, 0.717) is 19.1 Å². The van der Waals surface area contributed by atoms with Crippen LogP contribution in [0, 0.1) is 11.8 Å². The van der Waals surface area contributed by atoms with Gasteiger partial charge in [0.25, 0.3) is 0 Å². The quantitative estimate of drug-likeness (QED) is 0.737. The standard InChI is InChI=1S/C12H18BrNO3/c1-12(2,13)9-5-3-4-8(9)10(15)14-6-7-17-11(14)16/h8-9H,3-7H2,1-2H3/t8-,9-/m1/s1. The van der Waals surface area contributed by atoms with Gasteiger partial charge in [-0.25, -0.2) is 9.69 Å². The molecular formula is C12H18BrNO3. The third-order valence-corrected chi connectivity index (χ3v) is 4.33. The summed E-state index contributed by atoms with van der Waals surface area (Å²) >= 11 is 3.65. The van der Waals surface area contributed by atoms with Crippen LogP contribution >= 0.6 is 15.9 Å². The number of imide groups is 1. The van der Waals surface area contributed by atoms with Gasteiger partial charge in [0.2, 0.25) is 5.91 Å². The maximum Gasteiger partial charge on any atom is 0.416 e. The summed E-state index contributed by atoms with van der Waals surface area (Å²) in [5, 5.41) is 0. The van der Waals surface area contributed by atoms with Gasteiger partial charge in [-0.1, -0.05) is 22.4 Å². The Morgan fingerprint density at radius 1 is 1.47 bits per heavy atom. The molecule has 2 atom stereocenters. The molecule has 96 valence electrons. The third kappa shape index (κ3) is 2.49. The van der Waals surface area contributed by atoms with Gasteiger partial charge in [0.15, 0.2) is 0 Å². The number of hydrogen-bond acceptors (Lipinski definition) is 3. The predicted octanol–water partition coefficient (Wildman–Crippen LogP) is 2.56. The van der Waals surface area contributed by atoms with E-state index in [9.17, 15) is 9.59 Å². The van der Waals surface area contributed by atoms with Crippen molar-refractivity contribution in [1.82, 2.24) is 4.90 Å². The Labute approximate surface area is 110 Å². The van der Waals surface area contributed by atoms with E-state index in [0.717, 1.165) is 19.3 Å². The molecule has 2 aliphatic rings. The van der Waals surface area contributed by atoms with Gasteiger partial charge in [-0.3, -0.25) is 4.79 Å². The molecule has 0 unspecified atom stereocenters. The number of cyclic esters (lactones) is 1. The van der Waals surface area contributed by atoms with Crippen LogP contribution in [-0.2, 0) is 9.53 Å². The highest BCUT2D eigenvalue weighted by Crippen LogP contribution is 2.44. The molecule has 2 rings (SSSR count). The van der Waals surface area contributed by atoms with Crippen LogP contribution in [0.15, 0.2) is 0 Å². The lowest BCUT2D eigenvalue weighted by Crippen LogP contribution is -2.41. The summed E-state index contributed by atoms with van der Waals surface area (Å²) in [5.74, 6) is 0.195. The van der Waals surface area contributed by atoms with E-state index in [1.807, 2.05) is 0 Å². The fraction of sp³-hybridized carbons (Fsp3) is 0.833. The molecule has 0 aromatic carbocycles. The smallest absolute Gasteiger partial charge is 0.416 e. The van der Waals surface area contributed by atoms with Crippen molar-refractivity contribution in [2.45, 2.75) is 37.4 Å². The SMILES string of the molecule is CC(C)(Br)[C@@H]1CCC[C@H]1C(=O)N1CCOC1=O. The monoisotopic (exact) mass is 303 g/mol. The Morgan fingerprint density at radius 3 is 2.71 bits per heavy atom. The van der Waals surface area contributed by atoms with Crippen molar-refractivity contribution in [1.29, 1.82) is 0 Å². The molecule has 1 aliphatic heterocycles. The molecule has 0 aromatic heterocycles. The second-order valence-corrected chi connectivity index (χ2v) is 7.36. The molecule has 0 bridgehead atoms. The number of nitrogens with zero attached hydrogens (tertiary/aromatic N) is 1.